The summed E-state index contributed by atoms with van der Waals surface area (Å²) in [5, 5.41) is 2.78. The molecule has 0 unspecified atom stereocenters. The molecule has 0 aliphatic carbocycles. The van der Waals surface area contributed by atoms with Crippen LogP contribution in [0.5, 0.6) is 5.75 Å². The van der Waals surface area contributed by atoms with Crippen molar-refractivity contribution in [3.05, 3.63) is 59.4 Å². The summed E-state index contributed by atoms with van der Waals surface area (Å²) in [7, 11) is 0. The number of carbonyl (C=O) groups is 1. The maximum Gasteiger partial charge on any atom is 0.262 e. The largest absolute Gasteiger partial charge is 0.484 e. The number of anilines is 1. The SMILES string of the molecule is Cc1cccc(NC(=O)COc2cccc(F)c2)c1C. The lowest BCUT2D eigenvalue weighted by molar-refractivity contribution is -0.118. The number of rotatable bonds is 4. The lowest BCUT2D eigenvalue weighted by Gasteiger charge is -2.11. The van der Waals surface area contributed by atoms with E-state index in [1.54, 1.807) is 6.07 Å². The molecule has 104 valence electrons. The number of hydrogen-bond donors (Lipinski definition) is 1. The van der Waals surface area contributed by atoms with Crippen LogP contribution >= 0.6 is 0 Å². The molecule has 0 fully saturated rings. The minimum Gasteiger partial charge on any atom is -0.484 e. The normalized spacial score (nSPS) is 10.2. The minimum atomic E-state index is -0.391. The van der Waals surface area contributed by atoms with Crippen LogP contribution in [0.3, 0.4) is 0 Å². The first-order valence-electron chi connectivity index (χ1n) is 6.30. The second kappa shape index (κ2) is 6.19. The van der Waals surface area contributed by atoms with Crippen LogP contribution in [-0.4, -0.2) is 12.5 Å². The second-order valence-electron chi connectivity index (χ2n) is 4.54. The van der Waals surface area contributed by atoms with E-state index in [1.165, 1.54) is 18.2 Å². The van der Waals surface area contributed by atoms with Gasteiger partial charge in [-0.25, -0.2) is 4.39 Å². The van der Waals surface area contributed by atoms with Gasteiger partial charge in [-0.3, -0.25) is 4.79 Å². The molecule has 0 aromatic heterocycles. The lowest BCUT2D eigenvalue weighted by Crippen LogP contribution is -2.20. The maximum atomic E-state index is 13.0. The summed E-state index contributed by atoms with van der Waals surface area (Å²) in [4.78, 5) is 11.8. The van der Waals surface area contributed by atoms with Gasteiger partial charge in [-0.1, -0.05) is 18.2 Å². The van der Waals surface area contributed by atoms with Crippen LogP contribution in [-0.2, 0) is 4.79 Å². The molecule has 0 bridgehead atoms. The molecule has 0 heterocycles. The fraction of sp³-hybridized carbons (Fsp3) is 0.188. The van der Waals surface area contributed by atoms with Crippen molar-refractivity contribution < 1.29 is 13.9 Å². The van der Waals surface area contributed by atoms with Gasteiger partial charge in [0.25, 0.3) is 5.91 Å². The van der Waals surface area contributed by atoms with Gasteiger partial charge in [0.05, 0.1) is 0 Å². The van der Waals surface area contributed by atoms with Crippen molar-refractivity contribution in [3.8, 4) is 5.75 Å². The molecule has 0 spiro atoms. The van der Waals surface area contributed by atoms with Crippen LogP contribution in [0, 0.1) is 19.7 Å². The number of aryl methyl sites for hydroxylation is 1. The van der Waals surface area contributed by atoms with Crippen LogP contribution in [0.2, 0.25) is 0 Å². The minimum absolute atomic E-state index is 0.156. The monoisotopic (exact) mass is 273 g/mol. The Kier molecular flexibility index (Phi) is 4.35. The average molecular weight is 273 g/mol. The van der Waals surface area contributed by atoms with E-state index in [-0.39, 0.29) is 12.5 Å². The lowest BCUT2D eigenvalue weighted by atomic mass is 10.1. The van der Waals surface area contributed by atoms with Crippen molar-refractivity contribution in [3.63, 3.8) is 0 Å². The molecular weight excluding hydrogens is 257 g/mol. The number of hydrogen-bond acceptors (Lipinski definition) is 2. The summed E-state index contributed by atoms with van der Waals surface area (Å²) in [6, 6.07) is 11.4. The smallest absolute Gasteiger partial charge is 0.262 e. The van der Waals surface area contributed by atoms with Gasteiger partial charge in [0.15, 0.2) is 6.61 Å². The van der Waals surface area contributed by atoms with E-state index >= 15 is 0 Å². The molecule has 0 aliphatic heterocycles. The van der Waals surface area contributed by atoms with Crippen molar-refractivity contribution in [2.45, 2.75) is 13.8 Å². The summed E-state index contributed by atoms with van der Waals surface area (Å²) in [6.07, 6.45) is 0. The molecule has 0 atom stereocenters. The molecule has 0 radical (unpaired) electrons. The van der Waals surface area contributed by atoms with Gasteiger partial charge in [0.2, 0.25) is 0 Å². The zero-order valence-electron chi connectivity index (χ0n) is 11.4. The topological polar surface area (TPSA) is 38.3 Å². The van der Waals surface area contributed by atoms with Crippen LogP contribution in [0.25, 0.3) is 0 Å². The second-order valence-corrected chi connectivity index (χ2v) is 4.54. The van der Waals surface area contributed by atoms with Gasteiger partial charge in [0, 0.05) is 11.8 Å². The quantitative estimate of drug-likeness (QED) is 0.926. The number of ether oxygens (including phenoxy) is 1. The zero-order valence-corrected chi connectivity index (χ0v) is 11.4. The van der Waals surface area contributed by atoms with E-state index < -0.39 is 5.82 Å². The molecule has 0 saturated heterocycles. The van der Waals surface area contributed by atoms with Gasteiger partial charge >= 0.3 is 0 Å². The van der Waals surface area contributed by atoms with E-state index in [4.69, 9.17) is 4.74 Å². The van der Waals surface area contributed by atoms with Gasteiger partial charge in [-0.05, 0) is 43.2 Å². The summed E-state index contributed by atoms with van der Waals surface area (Å²) in [5.41, 5.74) is 2.89. The van der Waals surface area contributed by atoms with E-state index in [0.29, 0.717) is 5.75 Å². The molecule has 0 aliphatic rings. The highest BCUT2D eigenvalue weighted by atomic mass is 19.1. The molecule has 1 amide bonds. The van der Waals surface area contributed by atoms with E-state index in [2.05, 4.69) is 5.32 Å². The molecule has 1 N–H and O–H groups in total. The first-order chi connectivity index (χ1) is 9.56. The van der Waals surface area contributed by atoms with Crippen LogP contribution < -0.4 is 10.1 Å². The summed E-state index contributed by atoms with van der Waals surface area (Å²) >= 11 is 0. The number of amides is 1. The Balaban J connectivity index is 1.94. The van der Waals surface area contributed by atoms with Gasteiger partial charge < -0.3 is 10.1 Å². The van der Waals surface area contributed by atoms with E-state index in [9.17, 15) is 9.18 Å². The highest BCUT2D eigenvalue weighted by Crippen LogP contribution is 2.18. The Hall–Kier alpha value is -2.36. The first-order valence-corrected chi connectivity index (χ1v) is 6.30. The van der Waals surface area contributed by atoms with Crippen LogP contribution in [0.4, 0.5) is 10.1 Å². The van der Waals surface area contributed by atoms with E-state index in [0.717, 1.165) is 16.8 Å². The molecule has 2 aromatic carbocycles. The van der Waals surface area contributed by atoms with Crippen molar-refractivity contribution in [2.24, 2.45) is 0 Å². The molecule has 4 heteroatoms. The molecule has 0 saturated carbocycles. The average Bonchev–Trinajstić information content (AvgIpc) is 2.42. The van der Waals surface area contributed by atoms with Crippen LogP contribution in [0.15, 0.2) is 42.5 Å². The Bertz CT molecular complexity index is 626. The maximum absolute atomic E-state index is 13.0. The number of benzene rings is 2. The number of halogens is 1. The third kappa shape index (κ3) is 3.57. The number of carbonyl (C=O) groups excluding carboxylic acids is 1. The molecule has 20 heavy (non-hydrogen) atoms. The molecular formula is C16H16FNO2. The van der Waals surface area contributed by atoms with E-state index in [1.807, 2.05) is 32.0 Å². The van der Waals surface area contributed by atoms with Gasteiger partial charge in [-0.15, -0.1) is 0 Å². The predicted octanol–water partition coefficient (Wildman–Crippen LogP) is 3.46. The summed E-state index contributed by atoms with van der Waals surface area (Å²) in [5.74, 6) is -0.332. The molecule has 3 nitrogen and oxygen atoms in total. The van der Waals surface area contributed by atoms with Gasteiger partial charge in [0.1, 0.15) is 11.6 Å². The fourth-order valence-corrected chi connectivity index (χ4v) is 1.78. The van der Waals surface area contributed by atoms with Crippen molar-refractivity contribution >= 4 is 11.6 Å². The van der Waals surface area contributed by atoms with Crippen LogP contribution in [0.1, 0.15) is 11.1 Å². The van der Waals surface area contributed by atoms with Crippen molar-refractivity contribution in [2.75, 3.05) is 11.9 Å². The Morgan fingerprint density at radius 2 is 1.95 bits per heavy atom. The standard InChI is InChI=1S/C16H16FNO2/c1-11-5-3-8-15(12(11)2)18-16(19)10-20-14-7-4-6-13(17)9-14/h3-9H,10H2,1-2H3,(H,18,19). The Labute approximate surface area is 117 Å². The summed E-state index contributed by atoms with van der Waals surface area (Å²) < 4.78 is 18.2. The highest BCUT2D eigenvalue weighted by molar-refractivity contribution is 5.92. The molecule has 2 aromatic rings. The van der Waals surface area contributed by atoms with Crippen molar-refractivity contribution in [1.29, 1.82) is 0 Å². The summed E-state index contributed by atoms with van der Waals surface area (Å²) in [6.45, 7) is 3.77. The third-order valence-corrected chi connectivity index (χ3v) is 3.04. The third-order valence-electron chi connectivity index (χ3n) is 3.04. The zero-order chi connectivity index (χ0) is 14.5. The predicted molar refractivity (Wildman–Crippen MR) is 76.4 cm³/mol. The number of nitrogens with one attached hydrogen (secondary N) is 1. The van der Waals surface area contributed by atoms with Crippen molar-refractivity contribution in [1.82, 2.24) is 0 Å². The first kappa shape index (κ1) is 14.1. The highest BCUT2D eigenvalue weighted by Gasteiger charge is 2.07. The Morgan fingerprint density at radius 3 is 2.70 bits per heavy atom. The fourth-order valence-electron chi connectivity index (χ4n) is 1.78. The van der Waals surface area contributed by atoms with Gasteiger partial charge in [-0.2, -0.15) is 0 Å². The Morgan fingerprint density at radius 1 is 1.20 bits per heavy atom. The molecule has 2 rings (SSSR count).